The summed E-state index contributed by atoms with van der Waals surface area (Å²) in [5, 5.41) is 8.53. The van der Waals surface area contributed by atoms with Gasteiger partial charge in [0.25, 0.3) is 0 Å². The molecule has 0 fully saturated rings. The molecule has 0 aliphatic rings. The Kier molecular flexibility index (Phi) is 5.87. The minimum absolute atomic E-state index is 0.136. The highest BCUT2D eigenvalue weighted by molar-refractivity contribution is 5.90. The van der Waals surface area contributed by atoms with Gasteiger partial charge in [-0.25, -0.2) is 0 Å². The highest BCUT2D eigenvalue weighted by Crippen LogP contribution is 2.35. The maximum absolute atomic E-state index is 6.31. The van der Waals surface area contributed by atoms with Crippen LogP contribution in [0.15, 0.2) is 91.1 Å². The van der Waals surface area contributed by atoms with E-state index in [-0.39, 0.29) is 6.10 Å². The van der Waals surface area contributed by atoms with Gasteiger partial charge >= 0.3 is 0 Å². The summed E-state index contributed by atoms with van der Waals surface area (Å²) in [6, 6.07) is 28.8. The Morgan fingerprint density at radius 1 is 0.909 bits per heavy atom. The van der Waals surface area contributed by atoms with Crippen LogP contribution in [0.4, 0.5) is 0 Å². The molecule has 5 rings (SSSR count). The number of aryl methyl sites for hydroxylation is 1. The number of H-pyrrole nitrogens is 1. The fraction of sp³-hybridized carbons (Fsp3) is 0.143. The number of nitrogens with zero attached hydrogens (tertiary/aromatic N) is 2. The highest BCUT2D eigenvalue weighted by Gasteiger charge is 2.15. The molecule has 0 bridgehead atoms. The van der Waals surface area contributed by atoms with E-state index in [0.717, 1.165) is 45.4 Å². The fourth-order valence-corrected chi connectivity index (χ4v) is 4.10. The molecule has 0 aliphatic carbocycles. The molecule has 0 unspecified atom stereocenters. The number of nitrogens with one attached hydrogen (secondary N) is 1. The summed E-state index contributed by atoms with van der Waals surface area (Å²) < 4.78 is 6.31. The summed E-state index contributed by atoms with van der Waals surface area (Å²) in [7, 11) is 0. The van der Waals surface area contributed by atoms with E-state index in [2.05, 4.69) is 52.7 Å². The second kappa shape index (κ2) is 9.27. The topological polar surface area (TPSA) is 76.8 Å². The number of pyridine rings is 1. The molecule has 0 radical (unpaired) electrons. The number of fused-ring (bicyclic) bond motifs is 1. The molecule has 33 heavy (non-hydrogen) atoms. The van der Waals surface area contributed by atoms with Crippen LogP contribution in [0.5, 0.6) is 5.75 Å². The molecule has 5 nitrogen and oxygen atoms in total. The third-order valence-electron chi connectivity index (χ3n) is 5.84. The maximum Gasteiger partial charge on any atom is 0.138 e. The minimum atomic E-state index is -0.136. The van der Waals surface area contributed by atoms with Crippen molar-refractivity contribution in [2.24, 2.45) is 5.73 Å². The van der Waals surface area contributed by atoms with E-state index < -0.39 is 0 Å². The Morgan fingerprint density at radius 3 is 2.42 bits per heavy atom. The highest BCUT2D eigenvalue weighted by atomic mass is 16.5. The van der Waals surface area contributed by atoms with Crippen molar-refractivity contribution in [1.82, 2.24) is 15.2 Å². The summed E-state index contributed by atoms with van der Waals surface area (Å²) in [6.07, 6.45) is 2.40. The molecular weight excluding hydrogens is 408 g/mol. The quantitative estimate of drug-likeness (QED) is 0.352. The molecule has 0 spiro atoms. The van der Waals surface area contributed by atoms with Crippen molar-refractivity contribution in [1.29, 1.82) is 0 Å². The molecule has 2 heterocycles. The average Bonchev–Trinajstić information content (AvgIpc) is 3.24. The lowest BCUT2D eigenvalue weighted by molar-refractivity contribution is 0.209. The number of benzene rings is 3. The number of hydrogen-bond acceptors (Lipinski definition) is 4. The molecule has 5 heteroatoms. The summed E-state index contributed by atoms with van der Waals surface area (Å²) in [6.45, 7) is 2.45. The van der Waals surface area contributed by atoms with Crippen molar-refractivity contribution in [2.75, 3.05) is 6.54 Å². The van der Waals surface area contributed by atoms with Crippen molar-refractivity contribution < 1.29 is 4.74 Å². The van der Waals surface area contributed by atoms with Gasteiger partial charge in [0.15, 0.2) is 0 Å². The van der Waals surface area contributed by atoms with Gasteiger partial charge in [0.1, 0.15) is 11.9 Å². The predicted octanol–water partition coefficient (Wildman–Crippen LogP) is 5.55. The van der Waals surface area contributed by atoms with Crippen LogP contribution < -0.4 is 10.5 Å². The van der Waals surface area contributed by atoms with E-state index in [1.807, 2.05) is 49.4 Å². The van der Waals surface area contributed by atoms with Gasteiger partial charge in [-0.3, -0.25) is 10.1 Å². The summed E-state index contributed by atoms with van der Waals surface area (Å²) in [5.41, 5.74) is 13.3. The van der Waals surface area contributed by atoms with E-state index >= 15 is 0 Å². The predicted molar refractivity (Wildman–Crippen MR) is 133 cm³/mol. The average molecular weight is 435 g/mol. The van der Waals surface area contributed by atoms with Crippen molar-refractivity contribution in [3.63, 3.8) is 0 Å². The van der Waals surface area contributed by atoms with Crippen molar-refractivity contribution in [2.45, 2.75) is 19.4 Å². The van der Waals surface area contributed by atoms with E-state index in [1.165, 1.54) is 5.56 Å². The van der Waals surface area contributed by atoms with Crippen LogP contribution in [0.2, 0.25) is 0 Å². The van der Waals surface area contributed by atoms with Crippen molar-refractivity contribution in [3.05, 3.63) is 102 Å². The fourth-order valence-electron chi connectivity index (χ4n) is 4.10. The largest absolute Gasteiger partial charge is 0.487 e. The molecule has 0 saturated heterocycles. The van der Waals surface area contributed by atoms with Gasteiger partial charge in [-0.1, -0.05) is 66.7 Å². The van der Waals surface area contributed by atoms with Gasteiger partial charge < -0.3 is 10.5 Å². The second-order valence-electron chi connectivity index (χ2n) is 8.18. The number of hydrogen-bond donors (Lipinski definition) is 2. The number of rotatable bonds is 7. The number of nitrogens with two attached hydrogens (primary N) is 1. The minimum Gasteiger partial charge on any atom is -0.487 e. The van der Waals surface area contributed by atoms with E-state index in [4.69, 9.17) is 15.5 Å². The van der Waals surface area contributed by atoms with Gasteiger partial charge in [-0.15, -0.1) is 0 Å². The molecule has 2 aromatic heterocycles. The first-order valence-electron chi connectivity index (χ1n) is 11.1. The van der Waals surface area contributed by atoms with Gasteiger partial charge in [0.2, 0.25) is 0 Å². The second-order valence-corrected chi connectivity index (χ2v) is 8.18. The van der Waals surface area contributed by atoms with Gasteiger partial charge in [0.05, 0.1) is 17.4 Å². The van der Waals surface area contributed by atoms with E-state index in [9.17, 15) is 0 Å². The van der Waals surface area contributed by atoms with Crippen LogP contribution in [0.1, 0.15) is 11.3 Å². The third-order valence-corrected chi connectivity index (χ3v) is 5.84. The normalized spacial score (nSPS) is 12.1. The first kappa shape index (κ1) is 20.9. The summed E-state index contributed by atoms with van der Waals surface area (Å²) >= 11 is 0. The van der Waals surface area contributed by atoms with Gasteiger partial charge in [-0.2, -0.15) is 5.10 Å². The van der Waals surface area contributed by atoms with Crippen LogP contribution in [-0.2, 0) is 6.42 Å². The van der Waals surface area contributed by atoms with Crippen LogP contribution in [0.3, 0.4) is 0 Å². The summed E-state index contributed by atoms with van der Waals surface area (Å²) in [5.74, 6) is 0.708. The van der Waals surface area contributed by atoms with Gasteiger partial charge in [-0.05, 0) is 36.2 Å². The van der Waals surface area contributed by atoms with Crippen LogP contribution in [-0.4, -0.2) is 27.8 Å². The monoisotopic (exact) mass is 434 g/mol. The van der Waals surface area contributed by atoms with Crippen molar-refractivity contribution >= 4 is 10.9 Å². The van der Waals surface area contributed by atoms with E-state index in [1.54, 1.807) is 6.20 Å². The van der Waals surface area contributed by atoms with Crippen LogP contribution >= 0.6 is 0 Å². The molecule has 5 aromatic rings. The Hall–Kier alpha value is -3.96. The Labute approximate surface area is 193 Å². The van der Waals surface area contributed by atoms with E-state index in [0.29, 0.717) is 12.3 Å². The molecule has 0 aliphatic heterocycles. The van der Waals surface area contributed by atoms with Crippen LogP contribution in [0, 0.1) is 6.92 Å². The van der Waals surface area contributed by atoms with Crippen LogP contribution in [0.25, 0.3) is 33.3 Å². The lowest BCUT2D eigenvalue weighted by Crippen LogP contribution is -2.29. The summed E-state index contributed by atoms with van der Waals surface area (Å²) in [4.78, 5) is 4.82. The number of ether oxygens (including phenoxy) is 1. The lowest BCUT2D eigenvalue weighted by atomic mass is 9.98. The Bertz CT molecular complexity index is 1360. The lowest BCUT2D eigenvalue weighted by Gasteiger charge is -2.19. The molecular formula is C28H26N4O. The Balaban J connectivity index is 1.54. The zero-order valence-corrected chi connectivity index (χ0v) is 18.5. The molecule has 1 atom stereocenters. The smallest absolute Gasteiger partial charge is 0.138 e. The zero-order valence-electron chi connectivity index (χ0n) is 18.5. The number of aromatic amines is 1. The molecule has 3 N–H and O–H groups in total. The third kappa shape index (κ3) is 4.49. The molecule has 3 aromatic carbocycles. The van der Waals surface area contributed by atoms with Crippen molar-refractivity contribution in [3.8, 4) is 28.1 Å². The maximum atomic E-state index is 6.31. The molecule has 164 valence electrons. The van der Waals surface area contributed by atoms with Gasteiger partial charge in [0, 0.05) is 35.2 Å². The number of aromatic nitrogens is 3. The molecule has 0 saturated carbocycles. The first-order chi connectivity index (χ1) is 16.2. The first-order valence-corrected chi connectivity index (χ1v) is 11.1. The molecule has 0 amide bonds. The Morgan fingerprint density at radius 2 is 1.67 bits per heavy atom. The zero-order chi connectivity index (χ0) is 22.6. The SMILES string of the molecule is Cc1[nH]nc2ccc(-c3cc(O[C@H](CN)Cc4ccccc4)cnc3-c3ccccc3)cc12. The standard InChI is InChI=1S/C28H26N4O/c1-19-25-15-22(12-13-27(25)32-31-19)26-16-24(18-30-28(26)21-10-6-3-7-11-21)33-23(17-29)14-20-8-4-2-5-9-20/h2-13,15-16,18,23H,14,17,29H2,1H3,(H,31,32)/t23-/m0/s1.